The van der Waals surface area contributed by atoms with Crippen LogP contribution in [0.4, 0.5) is 0 Å². The molecule has 5 unspecified atom stereocenters. The average Bonchev–Trinajstić information content (AvgIpc) is 3.42. The van der Waals surface area contributed by atoms with E-state index in [1.54, 1.807) is 16.5 Å². The quantitative estimate of drug-likeness (QED) is 0.390. The second-order valence-electron chi connectivity index (χ2n) is 8.16. The van der Waals surface area contributed by atoms with Gasteiger partial charge in [-0.15, -0.1) is 0 Å². The fraction of sp³-hybridized carbons (Fsp3) is 0.480. The molecule has 0 bridgehead atoms. The van der Waals surface area contributed by atoms with Crippen LogP contribution in [0.5, 0.6) is 0 Å². The van der Waals surface area contributed by atoms with Crippen molar-refractivity contribution in [1.29, 1.82) is 0 Å². The van der Waals surface area contributed by atoms with Crippen molar-refractivity contribution in [1.82, 2.24) is 0 Å². The van der Waals surface area contributed by atoms with Crippen molar-refractivity contribution in [3.63, 3.8) is 0 Å². The van der Waals surface area contributed by atoms with E-state index in [-0.39, 0.29) is 0 Å². The monoisotopic (exact) mass is 363 g/mol. The zero-order valence-corrected chi connectivity index (χ0v) is 17.2. The highest BCUT2D eigenvalue weighted by Crippen LogP contribution is 2.59. The third kappa shape index (κ3) is 3.11. The Labute approximate surface area is 161 Å². The minimum Gasteiger partial charge on any atom is -0.206 e. The van der Waals surface area contributed by atoms with E-state index >= 15 is 0 Å². The van der Waals surface area contributed by atoms with Gasteiger partial charge in [-0.3, -0.25) is 0 Å². The molecule has 0 spiro atoms. The molecule has 0 nitrogen and oxygen atoms in total. The van der Waals surface area contributed by atoms with Gasteiger partial charge in [0, 0.05) is 5.92 Å². The molecule has 0 radical (unpaired) electrons. The Morgan fingerprint density at radius 3 is 2.81 bits per heavy atom. The Kier molecular flexibility index (Phi) is 5.42. The van der Waals surface area contributed by atoms with Crippen LogP contribution in [-0.4, -0.2) is 5.16 Å². The minimum atomic E-state index is 0.382. The second-order valence-corrected chi connectivity index (χ2v) is 9.92. The molecule has 0 aromatic heterocycles. The van der Waals surface area contributed by atoms with Crippen molar-refractivity contribution in [3.8, 4) is 0 Å². The van der Waals surface area contributed by atoms with Crippen molar-refractivity contribution in [2.75, 3.05) is 0 Å². The summed E-state index contributed by atoms with van der Waals surface area (Å²) in [4.78, 5) is 0. The molecule has 1 saturated carbocycles. The molecular weight excluding hydrogens is 331 g/mol. The van der Waals surface area contributed by atoms with Gasteiger partial charge in [-0.2, -0.15) is 32.1 Å². The number of rotatable bonds is 6. The molecular formula is C25H32P-. The van der Waals surface area contributed by atoms with Gasteiger partial charge >= 0.3 is 0 Å². The Morgan fingerprint density at radius 1 is 1.15 bits per heavy atom. The summed E-state index contributed by atoms with van der Waals surface area (Å²) in [5.74, 6) is 2.03. The Balaban J connectivity index is 1.77. The van der Waals surface area contributed by atoms with E-state index in [9.17, 15) is 0 Å². The Hall–Kier alpha value is -1.26. The summed E-state index contributed by atoms with van der Waals surface area (Å²) in [7, 11) is 0.909. The molecule has 3 aliphatic carbocycles. The van der Waals surface area contributed by atoms with Gasteiger partial charge in [-0.25, -0.2) is 6.07 Å². The number of hydrogen-bond acceptors (Lipinski definition) is 0. The lowest BCUT2D eigenvalue weighted by molar-refractivity contribution is 0.258. The summed E-state index contributed by atoms with van der Waals surface area (Å²) in [6, 6.07) is 9.16. The first-order valence-corrected chi connectivity index (χ1v) is 11.5. The van der Waals surface area contributed by atoms with E-state index in [0.717, 1.165) is 14.5 Å². The summed E-state index contributed by atoms with van der Waals surface area (Å²) in [5.41, 5.74) is 3.40. The van der Waals surface area contributed by atoms with Crippen LogP contribution in [0.15, 0.2) is 71.9 Å². The minimum absolute atomic E-state index is 0.382. The summed E-state index contributed by atoms with van der Waals surface area (Å²) >= 11 is 0. The maximum absolute atomic E-state index is 2.54. The summed E-state index contributed by atoms with van der Waals surface area (Å²) in [6.07, 6.45) is 22.5. The maximum atomic E-state index is 2.54. The van der Waals surface area contributed by atoms with E-state index in [1.807, 2.05) is 0 Å². The van der Waals surface area contributed by atoms with Crippen molar-refractivity contribution < 1.29 is 0 Å². The van der Waals surface area contributed by atoms with Crippen LogP contribution in [0.3, 0.4) is 0 Å². The van der Waals surface area contributed by atoms with Gasteiger partial charge in [0.1, 0.15) is 0 Å². The van der Waals surface area contributed by atoms with Gasteiger partial charge in [-0.05, 0) is 42.7 Å². The predicted octanol–water partition coefficient (Wildman–Crippen LogP) is 6.68. The molecule has 0 amide bonds. The number of allylic oxidation sites excluding steroid dienone is 8. The fourth-order valence-corrected chi connectivity index (χ4v) is 7.75. The van der Waals surface area contributed by atoms with Gasteiger partial charge < -0.3 is 0 Å². The Bertz CT molecular complexity index is 730. The highest BCUT2D eigenvalue weighted by molar-refractivity contribution is 7.49. The molecule has 0 heterocycles. The van der Waals surface area contributed by atoms with E-state index < -0.39 is 0 Å². The van der Waals surface area contributed by atoms with Crippen molar-refractivity contribution in [2.45, 2.75) is 57.5 Å². The van der Waals surface area contributed by atoms with Crippen LogP contribution in [-0.2, 0) is 0 Å². The SMILES string of the molecule is CCC1=CC=CC1C1(Pc2cc[cH-]c2)CCCCC1C1=CC=CC1CC. The lowest BCUT2D eigenvalue weighted by atomic mass is 9.65. The standard InChI is InChI=1S/C25H32P/c1-3-19-11-9-15-22(19)24-16-7-8-18-25(24,26-21-13-5-6-14-21)23-17-10-12-20(23)4-2/h5-6,9-15,17,19,23-24,26H,3-4,7-8,16,18H2,1-2H3/q-1. The first-order valence-electron chi connectivity index (χ1n) is 10.5. The highest BCUT2D eigenvalue weighted by atomic mass is 31.1. The van der Waals surface area contributed by atoms with Crippen LogP contribution in [0.1, 0.15) is 52.4 Å². The molecule has 1 aromatic carbocycles. The van der Waals surface area contributed by atoms with Gasteiger partial charge in [0.25, 0.3) is 0 Å². The fourth-order valence-electron chi connectivity index (χ4n) is 5.63. The normalized spacial score (nSPS) is 34.0. The molecule has 4 rings (SSSR count). The topological polar surface area (TPSA) is 0 Å². The van der Waals surface area contributed by atoms with Crippen molar-refractivity contribution >= 4 is 13.9 Å². The molecule has 138 valence electrons. The van der Waals surface area contributed by atoms with Gasteiger partial charge in [-0.1, -0.05) is 74.3 Å². The van der Waals surface area contributed by atoms with Gasteiger partial charge in [0.05, 0.1) is 0 Å². The summed E-state index contributed by atoms with van der Waals surface area (Å²) in [5, 5.41) is 1.94. The molecule has 0 aliphatic heterocycles. The van der Waals surface area contributed by atoms with E-state index in [1.165, 1.54) is 38.5 Å². The average molecular weight is 364 g/mol. The lowest BCUT2D eigenvalue weighted by Gasteiger charge is -2.52. The van der Waals surface area contributed by atoms with E-state index in [2.05, 4.69) is 74.6 Å². The smallest absolute Gasteiger partial charge is 0.00752 e. The summed E-state index contributed by atoms with van der Waals surface area (Å²) < 4.78 is 0. The van der Waals surface area contributed by atoms with Crippen LogP contribution in [0.2, 0.25) is 0 Å². The van der Waals surface area contributed by atoms with Gasteiger partial charge in [0.2, 0.25) is 0 Å². The molecule has 1 heteroatoms. The lowest BCUT2D eigenvalue weighted by Crippen LogP contribution is -2.45. The Morgan fingerprint density at radius 2 is 2.04 bits per heavy atom. The van der Waals surface area contributed by atoms with E-state index in [0.29, 0.717) is 17.0 Å². The van der Waals surface area contributed by atoms with Crippen LogP contribution < -0.4 is 5.30 Å². The third-order valence-electron chi connectivity index (χ3n) is 6.87. The predicted molar refractivity (Wildman–Crippen MR) is 117 cm³/mol. The first-order chi connectivity index (χ1) is 12.8. The third-order valence-corrected chi connectivity index (χ3v) is 8.87. The number of hydrogen-bond donors (Lipinski definition) is 0. The molecule has 3 aliphatic rings. The molecule has 26 heavy (non-hydrogen) atoms. The molecule has 0 saturated heterocycles. The highest BCUT2D eigenvalue weighted by Gasteiger charge is 2.48. The van der Waals surface area contributed by atoms with Gasteiger partial charge in [0.15, 0.2) is 0 Å². The first kappa shape index (κ1) is 18.1. The summed E-state index contributed by atoms with van der Waals surface area (Å²) in [6.45, 7) is 4.69. The largest absolute Gasteiger partial charge is 0.206 e. The zero-order valence-electron chi connectivity index (χ0n) is 16.2. The van der Waals surface area contributed by atoms with Crippen LogP contribution in [0.25, 0.3) is 0 Å². The van der Waals surface area contributed by atoms with Crippen molar-refractivity contribution in [3.05, 3.63) is 71.9 Å². The second kappa shape index (κ2) is 7.77. The molecule has 1 aromatic rings. The van der Waals surface area contributed by atoms with Crippen LogP contribution in [0, 0.1) is 17.8 Å². The zero-order chi connectivity index (χ0) is 18.0. The molecule has 0 N–H and O–H groups in total. The molecule has 1 fully saturated rings. The van der Waals surface area contributed by atoms with Crippen molar-refractivity contribution in [2.24, 2.45) is 17.8 Å². The molecule has 5 atom stereocenters. The maximum Gasteiger partial charge on any atom is 0.00752 e. The van der Waals surface area contributed by atoms with E-state index in [4.69, 9.17) is 0 Å². The van der Waals surface area contributed by atoms with Crippen LogP contribution >= 0.6 is 8.58 Å².